The molecule has 2 aromatic rings. The number of halogens is 2. The van der Waals surface area contributed by atoms with Crippen LogP contribution in [-0.2, 0) is 4.74 Å². The first-order valence-corrected chi connectivity index (χ1v) is 7.37. The van der Waals surface area contributed by atoms with Crippen molar-refractivity contribution in [2.45, 2.75) is 18.9 Å². The van der Waals surface area contributed by atoms with Crippen molar-refractivity contribution in [1.29, 1.82) is 0 Å². The zero-order valence-electron chi connectivity index (χ0n) is 10.7. The maximum atomic E-state index is 13.7. The average molecular weight is 296 g/mol. The lowest BCUT2D eigenvalue weighted by atomic mass is 10.1. The molecule has 1 saturated heterocycles. The minimum absolute atomic E-state index is 0.227. The number of rotatable bonds is 4. The number of ether oxygens (including phenoxy) is 1. The highest BCUT2D eigenvalue weighted by molar-refractivity contribution is 7.14. The van der Waals surface area contributed by atoms with E-state index in [4.69, 9.17) is 4.74 Å². The molecule has 0 spiro atoms. The molecule has 1 atom stereocenters. The predicted molar refractivity (Wildman–Crippen MR) is 74.9 cm³/mol. The second kappa shape index (κ2) is 5.85. The third-order valence-electron chi connectivity index (χ3n) is 3.22. The van der Waals surface area contributed by atoms with Gasteiger partial charge in [-0.05, 0) is 25.0 Å². The molecular formula is C14H14F2N2OS. The van der Waals surface area contributed by atoms with Crippen molar-refractivity contribution >= 4 is 16.5 Å². The first-order chi connectivity index (χ1) is 9.72. The van der Waals surface area contributed by atoms with E-state index >= 15 is 0 Å². The van der Waals surface area contributed by atoms with Gasteiger partial charge in [0.15, 0.2) is 5.13 Å². The van der Waals surface area contributed by atoms with Crippen LogP contribution >= 0.6 is 11.3 Å². The SMILES string of the molecule is Fc1ccc(-c2csc(NC[C@H]3CCCO3)n2)c(F)c1. The van der Waals surface area contributed by atoms with Gasteiger partial charge in [0.1, 0.15) is 11.6 Å². The van der Waals surface area contributed by atoms with E-state index in [2.05, 4.69) is 10.3 Å². The molecule has 1 N–H and O–H groups in total. The summed E-state index contributed by atoms with van der Waals surface area (Å²) in [4.78, 5) is 4.32. The second-order valence-electron chi connectivity index (χ2n) is 4.68. The number of aromatic nitrogens is 1. The van der Waals surface area contributed by atoms with Crippen molar-refractivity contribution in [2.24, 2.45) is 0 Å². The lowest BCUT2D eigenvalue weighted by Crippen LogP contribution is -2.18. The molecule has 0 amide bonds. The zero-order valence-corrected chi connectivity index (χ0v) is 11.6. The minimum Gasteiger partial charge on any atom is -0.376 e. The van der Waals surface area contributed by atoms with Crippen LogP contribution in [0.4, 0.5) is 13.9 Å². The summed E-state index contributed by atoms with van der Waals surface area (Å²) in [7, 11) is 0. The molecule has 0 bridgehead atoms. The van der Waals surface area contributed by atoms with E-state index in [0.29, 0.717) is 17.8 Å². The Balaban J connectivity index is 1.69. The van der Waals surface area contributed by atoms with Gasteiger partial charge >= 0.3 is 0 Å². The van der Waals surface area contributed by atoms with Crippen molar-refractivity contribution in [3.63, 3.8) is 0 Å². The quantitative estimate of drug-likeness (QED) is 0.934. The predicted octanol–water partition coefficient (Wildman–Crippen LogP) is 3.68. The van der Waals surface area contributed by atoms with Gasteiger partial charge in [0, 0.05) is 30.2 Å². The lowest BCUT2D eigenvalue weighted by molar-refractivity contribution is 0.120. The van der Waals surface area contributed by atoms with Crippen LogP contribution < -0.4 is 5.32 Å². The number of anilines is 1. The Bertz CT molecular complexity index is 597. The lowest BCUT2D eigenvalue weighted by Gasteiger charge is -2.09. The molecule has 0 radical (unpaired) electrons. The summed E-state index contributed by atoms with van der Waals surface area (Å²) in [6, 6.07) is 3.51. The minimum atomic E-state index is -0.596. The third-order valence-corrected chi connectivity index (χ3v) is 4.02. The second-order valence-corrected chi connectivity index (χ2v) is 5.54. The molecular weight excluding hydrogens is 282 g/mol. The first kappa shape index (κ1) is 13.5. The summed E-state index contributed by atoms with van der Waals surface area (Å²) in [5.74, 6) is -1.18. The van der Waals surface area contributed by atoms with Gasteiger partial charge in [-0.25, -0.2) is 13.8 Å². The monoisotopic (exact) mass is 296 g/mol. The molecule has 0 unspecified atom stereocenters. The molecule has 2 heterocycles. The first-order valence-electron chi connectivity index (χ1n) is 6.49. The molecule has 0 saturated carbocycles. The van der Waals surface area contributed by atoms with E-state index in [9.17, 15) is 8.78 Å². The van der Waals surface area contributed by atoms with Crippen LogP contribution in [0.5, 0.6) is 0 Å². The molecule has 3 rings (SSSR count). The number of thiazole rings is 1. The van der Waals surface area contributed by atoms with Gasteiger partial charge in [-0.15, -0.1) is 11.3 Å². The Morgan fingerprint density at radius 2 is 2.30 bits per heavy atom. The van der Waals surface area contributed by atoms with Crippen LogP contribution in [-0.4, -0.2) is 24.2 Å². The number of hydrogen-bond acceptors (Lipinski definition) is 4. The molecule has 3 nitrogen and oxygen atoms in total. The van der Waals surface area contributed by atoms with Crippen LogP contribution in [0.3, 0.4) is 0 Å². The van der Waals surface area contributed by atoms with Crippen LogP contribution in [0.15, 0.2) is 23.6 Å². The summed E-state index contributed by atoms with van der Waals surface area (Å²) in [5.41, 5.74) is 0.829. The highest BCUT2D eigenvalue weighted by Crippen LogP contribution is 2.27. The molecule has 1 aliphatic rings. The summed E-state index contributed by atoms with van der Waals surface area (Å²) in [6.45, 7) is 1.52. The molecule has 1 fully saturated rings. The van der Waals surface area contributed by atoms with Crippen molar-refractivity contribution in [3.8, 4) is 11.3 Å². The van der Waals surface area contributed by atoms with Crippen molar-refractivity contribution in [2.75, 3.05) is 18.5 Å². The largest absolute Gasteiger partial charge is 0.376 e. The Kier molecular flexibility index (Phi) is 3.93. The van der Waals surface area contributed by atoms with Gasteiger partial charge in [0.25, 0.3) is 0 Å². The molecule has 1 aliphatic heterocycles. The molecule has 1 aromatic carbocycles. The third kappa shape index (κ3) is 2.96. The van der Waals surface area contributed by atoms with Gasteiger partial charge in [-0.2, -0.15) is 0 Å². The van der Waals surface area contributed by atoms with E-state index in [1.54, 1.807) is 5.38 Å². The zero-order chi connectivity index (χ0) is 13.9. The summed E-state index contributed by atoms with van der Waals surface area (Å²) >= 11 is 1.40. The van der Waals surface area contributed by atoms with Gasteiger partial charge in [0.05, 0.1) is 11.8 Å². The van der Waals surface area contributed by atoms with E-state index < -0.39 is 11.6 Å². The number of hydrogen-bond donors (Lipinski definition) is 1. The van der Waals surface area contributed by atoms with Crippen molar-refractivity contribution in [1.82, 2.24) is 4.98 Å². The van der Waals surface area contributed by atoms with Gasteiger partial charge < -0.3 is 10.1 Å². The number of nitrogens with zero attached hydrogens (tertiary/aromatic N) is 1. The smallest absolute Gasteiger partial charge is 0.183 e. The van der Waals surface area contributed by atoms with Gasteiger partial charge in [0.2, 0.25) is 0 Å². The fraction of sp³-hybridized carbons (Fsp3) is 0.357. The standard InChI is InChI=1S/C14H14F2N2OS/c15-9-3-4-11(12(16)6-9)13-8-20-14(18-13)17-7-10-2-1-5-19-10/h3-4,6,8,10H,1-2,5,7H2,(H,17,18)/t10-/m1/s1. The normalized spacial score (nSPS) is 18.4. The summed E-state index contributed by atoms with van der Waals surface area (Å²) in [5, 5.41) is 5.67. The van der Waals surface area contributed by atoms with Crippen LogP contribution in [0.25, 0.3) is 11.3 Å². The van der Waals surface area contributed by atoms with E-state index in [1.165, 1.54) is 23.5 Å². The molecule has 6 heteroatoms. The van der Waals surface area contributed by atoms with Gasteiger partial charge in [-0.1, -0.05) is 0 Å². The summed E-state index contributed by atoms with van der Waals surface area (Å²) < 4.78 is 32.1. The Morgan fingerprint density at radius 3 is 3.05 bits per heavy atom. The van der Waals surface area contributed by atoms with Crippen LogP contribution in [0, 0.1) is 11.6 Å². The van der Waals surface area contributed by atoms with E-state index in [-0.39, 0.29) is 6.10 Å². The summed E-state index contributed by atoms with van der Waals surface area (Å²) in [6.07, 6.45) is 2.37. The average Bonchev–Trinajstić information content (AvgIpc) is 3.07. The van der Waals surface area contributed by atoms with Crippen LogP contribution in [0.2, 0.25) is 0 Å². The Morgan fingerprint density at radius 1 is 1.40 bits per heavy atom. The molecule has 1 aromatic heterocycles. The highest BCUT2D eigenvalue weighted by Gasteiger charge is 2.16. The highest BCUT2D eigenvalue weighted by atomic mass is 32.1. The van der Waals surface area contributed by atoms with Crippen molar-refractivity contribution in [3.05, 3.63) is 35.2 Å². The Hall–Kier alpha value is -1.53. The molecule has 20 heavy (non-hydrogen) atoms. The van der Waals surface area contributed by atoms with E-state index in [0.717, 1.165) is 30.6 Å². The number of nitrogens with one attached hydrogen (secondary N) is 1. The molecule has 0 aliphatic carbocycles. The Labute approximate surface area is 119 Å². The molecule has 106 valence electrons. The maximum Gasteiger partial charge on any atom is 0.183 e. The van der Waals surface area contributed by atoms with Gasteiger partial charge in [-0.3, -0.25) is 0 Å². The maximum absolute atomic E-state index is 13.7. The van der Waals surface area contributed by atoms with Crippen LogP contribution in [0.1, 0.15) is 12.8 Å². The fourth-order valence-electron chi connectivity index (χ4n) is 2.18. The van der Waals surface area contributed by atoms with E-state index in [1.807, 2.05) is 0 Å². The topological polar surface area (TPSA) is 34.1 Å². The fourth-order valence-corrected chi connectivity index (χ4v) is 2.90. The van der Waals surface area contributed by atoms with Crippen molar-refractivity contribution < 1.29 is 13.5 Å². The number of benzene rings is 1.